The Morgan fingerprint density at radius 2 is 1.57 bits per heavy atom. The standard InChI is InChI=1S/C58H69FN10O6/c1-57(2,3)52(56(74)69-33-41(70)25-49(69)55(73)66-75-42-18-14-35(15-19-42)43-8-4-6-10-46(43)59)63-54(72)36-12-16-40(17-13-36)67-22-20-34(21-23-67)38-29-61-51(62-30-38)28-58-27-37-31-68(32-39(58)24-45(37)58)48-26-47(64-65-53(48)60)44-9-5-7-11-50(44)71/h4-11,14-15,18-19,26,29-30,34,36-37,39-41,45,49,52,70-71H,12-13,16-17,20-25,27-28,31-33H2,1-3H3,(H2,60,65)(H,63,72)(H,66,73)/t36?,37?,39?,40?,41-,45?,49+,52-,58?/m1/s1. The molecule has 3 amide bonds. The lowest BCUT2D eigenvalue weighted by atomic mass is 9.38. The predicted octanol–water partition coefficient (Wildman–Crippen LogP) is 7.07. The number of nitrogens with two attached hydrogens (primary N) is 1. The zero-order chi connectivity index (χ0) is 52.2. The number of amides is 3. The molecule has 3 aromatic carbocycles. The molecule has 7 aliphatic rings. The number of phenols is 1. The summed E-state index contributed by atoms with van der Waals surface area (Å²) in [4.78, 5) is 63.7. The van der Waals surface area contributed by atoms with Crippen LogP contribution in [0.25, 0.3) is 22.4 Å². The second-order valence-corrected chi connectivity index (χ2v) is 23.4. The summed E-state index contributed by atoms with van der Waals surface area (Å²) in [5, 5.41) is 32.9. The SMILES string of the molecule is CC(C)(C)[C@H](NC(=O)C1CCC(N2CCC(c3cnc(CC45CC6CN(c7cc(-c8ccccc8O)nnc7N)CC4CC65)nc3)CC2)CC1)C(=O)N1C[C@H](O)C[C@H]1C(=O)NOc1ccc(-c2ccccc2F)cc1. The van der Waals surface area contributed by atoms with Gasteiger partial charge in [-0.15, -0.1) is 10.2 Å². The number of aromatic hydroxyl groups is 1. The third-order valence-electron chi connectivity index (χ3n) is 17.9. The number of hydroxylamine groups is 1. The molecule has 6 N–H and O–H groups in total. The van der Waals surface area contributed by atoms with Crippen LogP contribution in [-0.4, -0.2) is 115 Å². The fourth-order valence-electron chi connectivity index (χ4n) is 13.7. The quantitative estimate of drug-likeness (QED) is 0.0748. The van der Waals surface area contributed by atoms with Crippen LogP contribution in [0.5, 0.6) is 11.5 Å². The third kappa shape index (κ3) is 10.0. The largest absolute Gasteiger partial charge is 0.507 e. The van der Waals surface area contributed by atoms with Crippen molar-refractivity contribution in [3.8, 4) is 33.9 Å². The predicted molar refractivity (Wildman–Crippen MR) is 281 cm³/mol. The van der Waals surface area contributed by atoms with Crippen LogP contribution in [0.4, 0.5) is 15.9 Å². The molecule has 6 heterocycles. The van der Waals surface area contributed by atoms with E-state index in [0.717, 1.165) is 82.6 Å². The second kappa shape index (κ2) is 20.4. The number of carbonyl (C=O) groups is 3. The van der Waals surface area contributed by atoms with Gasteiger partial charge in [0.15, 0.2) is 11.6 Å². The number of carbonyl (C=O) groups excluding carboxylic acids is 3. The number of aliphatic hydroxyl groups excluding tert-OH is 1. The summed E-state index contributed by atoms with van der Waals surface area (Å²) in [7, 11) is 0. The third-order valence-corrected chi connectivity index (χ3v) is 17.9. The number of β-amino-alcohol motifs (C(OH)–C–C–N with tert-alkyl or cyclic N) is 1. The van der Waals surface area contributed by atoms with Gasteiger partial charge in [0.05, 0.1) is 17.5 Å². The van der Waals surface area contributed by atoms with Gasteiger partial charge in [-0.3, -0.25) is 14.4 Å². The number of benzene rings is 3. The van der Waals surface area contributed by atoms with Crippen molar-refractivity contribution in [1.82, 2.24) is 40.8 Å². The molecular formula is C58H69FN10O6. The summed E-state index contributed by atoms with van der Waals surface area (Å²) in [6.45, 7) is 9.41. The maximum Gasteiger partial charge on any atom is 0.275 e. The highest BCUT2D eigenvalue weighted by Crippen LogP contribution is 2.70. The molecule has 4 saturated heterocycles. The van der Waals surface area contributed by atoms with Crippen LogP contribution in [0.1, 0.15) is 95.9 Å². The van der Waals surface area contributed by atoms with E-state index in [1.165, 1.54) is 29.4 Å². The molecule has 17 heteroatoms. The van der Waals surface area contributed by atoms with Crippen LogP contribution >= 0.6 is 0 Å². The summed E-state index contributed by atoms with van der Waals surface area (Å²) in [6, 6.07) is 20.7. The monoisotopic (exact) mass is 1020 g/mol. The fourth-order valence-corrected chi connectivity index (χ4v) is 13.7. The number of rotatable bonds is 13. The Morgan fingerprint density at radius 1 is 0.867 bits per heavy atom. The smallest absolute Gasteiger partial charge is 0.275 e. The highest BCUT2D eigenvalue weighted by atomic mass is 19.1. The fraction of sp³-hybridized carbons (Fsp3) is 0.500. The van der Waals surface area contributed by atoms with Gasteiger partial charge in [-0.2, -0.15) is 5.48 Å². The Labute approximate surface area is 437 Å². The zero-order valence-corrected chi connectivity index (χ0v) is 43.1. The number of piperidine rings is 1. The van der Waals surface area contributed by atoms with Crippen molar-refractivity contribution >= 4 is 29.2 Å². The normalized spacial score (nSPS) is 27.1. The first-order chi connectivity index (χ1) is 36.1. The summed E-state index contributed by atoms with van der Waals surface area (Å²) in [5.41, 5.74) is 12.8. The van der Waals surface area contributed by atoms with Crippen molar-refractivity contribution in [2.75, 3.05) is 43.4 Å². The van der Waals surface area contributed by atoms with Crippen molar-refractivity contribution in [2.24, 2.45) is 34.5 Å². The number of anilines is 2. The molecule has 3 saturated carbocycles. The minimum absolute atomic E-state index is 0.0251. The number of nitrogens with zero attached hydrogens (tertiary/aromatic N) is 7. The topological polar surface area (TPSA) is 212 Å². The molecule has 4 bridgehead atoms. The lowest BCUT2D eigenvalue weighted by Gasteiger charge is -2.66. The maximum absolute atomic E-state index is 14.3. The number of para-hydroxylation sites is 1. The van der Waals surface area contributed by atoms with Crippen molar-refractivity contribution in [3.63, 3.8) is 0 Å². The van der Waals surface area contributed by atoms with E-state index in [9.17, 15) is 29.0 Å². The Morgan fingerprint density at radius 3 is 2.27 bits per heavy atom. The van der Waals surface area contributed by atoms with Gasteiger partial charge in [0.25, 0.3) is 5.91 Å². The molecule has 12 rings (SSSR count). The van der Waals surface area contributed by atoms with Crippen LogP contribution in [0.3, 0.4) is 0 Å². The number of hydrogen-bond donors (Lipinski definition) is 5. The van der Waals surface area contributed by atoms with Gasteiger partial charge >= 0.3 is 0 Å². The van der Waals surface area contributed by atoms with Gasteiger partial charge in [-0.1, -0.05) is 63.2 Å². The van der Waals surface area contributed by atoms with Gasteiger partial charge < -0.3 is 40.8 Å². The van der Waals surface area contributed by atoms with E-state index in [2.05, 4.69) is 43.2 Å². The van der Waals surface area contributed by atoms with E-state index < -0.39 is 35.4 Å². The summed E-state index contributed by atoms with van der Waals surface area (Å²) in [5.74, 6) is 2.23. The highest BCUT2D eigenvalue weighted by Gasteiger charge is 2.67. The van der Waals surface area contributed by atoms with Crippen molar-refractivity contribution in [3.05, 3.63) is 108 Å². The molecule has 7 fully saturated rings. The molecule has 5 aromatic rings. The van der Waals surface area contributed by atoms with E-state index in [1.807, 2.05) is 39.0 Å². The number of likely N-dealkylation sites (tertiary alicyclic amines) is 2. The Bertz CT molecular complexity index is 2900. The summed E-state index contributed by atoms with van der Waals surface area (Å²) in [6.07, 6.45) is 11.8. The summed E-state index contributed by atoms with van der Waals surface area (Å²) >= 11 is 0. The number of aromatic nitrogens is 4. The lowest BCUT2D eigenvalue weighted by Crippen LogP contribution is -2.62. The van der Waals surface area contributed by atoms with E-state index in [0.29, 0.717) is 63.7 Å². The van der Waals surface area contributed by atoms with Crippen LogP contribution in [0.2, 0.25) is 0 Å². The number of nitrogens with one attached hydrogen (secondary N) is 2. The number of nitrogen functional groups attached to an aromatic ring is 1. The molecule has 394 valence electrons. The number of aliphatic hydroxyl groups is 1. The first kappa shape index (κ1) is 50.4. The minimum Gasteiger partial charge on any atom is -0.507 e. The van der Waals surface area contributed by atoms with Crippen molar-refractivity contribution in [1.29, 1.82) is 0 Å². The number of phenolic OH excluding ortho intramolecular Hbond substituents is 1. The molecule has 75 heavy (non-hydrogen) atoms. The van der Waals surface area contributed by atoms with Gasteiger partial charge in [0.1, 0.15) is 29.5 Å². The van der Waals surface area contributed by atoms with E-state index >= 15 is 0 Å². The van der Waals surface area contributed by atoms with E-state index in [4.69, 9.17) is 20.5 Å². The van der Waals surface area contributed by atoms with E-state index in [1.54, 1.807) is 54.6 Å². The molecule has 0 radical (unpaired) electrons. The molecule has 4 aliphatic heterocycles. The Kier molecular flexibility index (Phi) is 13.7. The van der Waals surface area contributed by atoms with Gasteiger partial charge in [0, 0.05) is 68.0 Å². The van der Waals surface area contributed by atoms with Gasteiger partial charge in [0.2, 0.25) is 11.8 Å². The molecule has 7 atom stereocenters. The Hall–Kier alpha value is -6.72. The van der Waals surface area contributed by atoms with Crippen LogP contribution in [0.15, 0.2) is 91.3 Å². The van der Waals surface area contributed by atoms with Crippen LogP contribution in [-0.2, 0) is 20.8 Å². The van der Waals surface area contributed by atoms with Crippen LogP contribution in [0, 0.1) is 40.3 Å². The number of hydrogen-bond acceptors (Lipinski definition) is 13. The molecule has 0 spiro atoms. The maximum atomic E-state index is 14.3. The number of fused-ring (bicyclic) bond motifs is 2. The van der Waals surface area contributed by atoms with Crippen LogP contribution < -0.4 is 26.3 Å². The molecular weight excluding hydrogens is 952 g/mol. The first-order valence-corrected chi connectivity index (χ1v) is 26.9. The Balaban J connectivity index is 0.637. The van der Waals surface area contributed by atoms with Crippen molar-refractivity contribution < 1.29 is 33.8 Å². The molecule has 2 aromatic heterocycles. The highest BCUT2D eigenvalue weighted by molar-refractivity contribution is 5.93. The second-order valence-electron chi connectivity index (χ2n) is 23.4. The first-order valence-electron chi connectivity index (χ1n) is 26.9. The van der Waals surface area contributed by atoms with Gasteiger partial charge in [-0.25, -0.2) is 14.4 Å². The average molecular weight is 1020 g/mol. The summed E-state index contributed by atoms with van der Waals surface area (Å²) < 4.78 is 14.3. The molecule has 3 aliphatic carbocycles. The zero-order valence-electron chi connectivity index (χ0n) is 43.1. The average Bonchev–Trinajstić information content (AvgIpc) is 3.62. The minimum atomic E-state index is -1.01. The molecule has 4 unspecified atom stereocenters. The molecule has 16 nitrogen and oxygen atoms in total. The van der Waals surface area contributed by atoms with Crippen molar-refractivity contribution in [2.45, 2.75) is 115 Å². The van der Waals surface area contributed by atoms with E-state index in [-0.39, 0.29) is 41.8 Å². The number of halogens is 1. The van der Waals surface area contributed by atoms with Gasteiger partial charge in [-0.05, 0) is 146 Å². The lowest BCUT2D eigenvalue weighted by molar-refractivity contribution is -0.170.